The van der Waals surface area contributed by atoms with Crippen molar-refractivity contribution in [3.63, 3.8) is 0 Å². The van der Waals surface area contributed by atoms with Crippen molar-refractivity contribution >= 4 is 49.3 Å². The summed E-state index contributed by atoms with van der Waals surface area (Å²) in [4.78, 5) is 5.16. The van der Waals surface area contributed by atoms with Crippen LogP contribution in [0.2, 0.25) is 0 Å². The van der Waals surface area contributed by atoms with Crippen molar-refractivity contribution in [2.24, 2.45) is 4.99 Å². The Morgan fingerprint density at radius 1 is 0.549 bits per heavy atom. The van der Waals surface area contributed by atoms with Gasteiger partial charge in [0.05, 0.1) is 8.22 Å². The number of hydrogen-bond donors (Lipinski definition) is 1. The van der Waals surface area contributed by atoms with Crippen LogP contribution in [0.3, 0.4) is 0 Å². The van der Waals surface area contributed by atoms with E-state index in [0.29, 0.717) is 17.4 Å². The highest BCUT2D eigenvalue weighted by molar-refractivity contribution is 6.13. The Kier molecular flexibility index (Phi) is 5.66. The number of fused-ring (bicyclic) bond motifs is 5. The molecule has 0 fully saturated rings. The first-order valence-electron chi connectivity index (χ1n) is 19.9. The van der Waals surface area contributed by atoms with E-state index < -0.39 is 18.4 Å². The van der Waals surface area contributed by atoms with Crippen molar-refractivity contribution < 1.29 is 12.6 Å². The van der Waals surface area contributed by atoms with Gasteiger partial charge < -0.3 is 15.1 Å². The lowest BCUT2D eigenvalue weighted by atomic mass is 9.96. The summed E-state index contributed by atoms with van der Waals surface area (Å²) in [6, 6.07) is 44.9. The Balaban J connectivity index is 1.03. The number of furan rings is 1. The number of aliphatic imine (C=N–C) groups is 1. The molecule has 1 aliphatic rings. The van der Waals surface area contributed by atoms with Gasteiger partial charge in [0, 0.05) is 16.3 Å². The van der Waals surface area contributed by atoms with E-state index in [2.05, 4.69) is 78.1 Å². The Labute approximate surface area is 304 Å². The molecule has 0 spiro atoms. The fourth-order valence-corrected chi connectivity index (χ4v) is 7.10. The first kappa shape index (κ1) is 23.8. The number of nitrogens with zero attached hydrogens (tertiary/aromatic N) is 2. The maximum absolute atomic E-state index is 8.47. The van der Waals surface area contributed by atoms with Crippen LogP contribution in [0.5, 0.6) is 0 Å². The quantitative estimate of drug-likeness (QED) is 0.200. The van der Waals surface area contributed by atoms with Gasteiger partial charge in [-0.25, -0.2) is 0 Å². The van der Waals surface area contributed by atoms with Gasteiger partial charge in [0.15, 0.2) is 0 Å². The third kappa shape index (κ3) is 5.34. The molecule has 2 unspecified atom stereocenters. The van der Waals surface area contributed by atoms with Crippen LogP contribution in [0, 0.1) is 0 Å². The van der Waals surface area contributed by atoms with Crippen LogP contribution < -0.4 is 5.32 Å². The molecule has 0 saturated carbocycles. The normalized spacial score (nSPS) is 17.7. The Morgan fingerprint density at radius 3 is 2.12 bits per heavy atom. The minimum Gasteiger partial charge on any atom is -0.613 e. The highest BCUT2D eigenvalue weighted by atomic mass is 16.3. The number of rotatable bonds is 5. The van der Waals surface area contributed by atoms with Gasteiger partial charge in [-0.1, -0.05) is 152 Å². The number of hydrogen-bond acceptors (Lipinski definition) is 3. The standard InChI is InChI=1S/C47H32N3O/c1-2-9-30(10-3-1)32-17-20-33(21-18-32)45-48-46(38-25-19-31-11-4-5-12-34(31)28-38)50-47(49-45)39-26-23-35-27-37(24-22-36(35)29-39)40-14-8-16-43-44(40)41-13-6-7-15-42(41)51-43/h1-29,45-46H,(H,49,50)/q-1/i1D,2D,3D,6D,9D,10D. The molecule has 0 aliphatic carbocycles. The van der Waals surface area contributed by atoms with E-state index in [1.165, 1.54) is 0 Å². The number of benzene rings is 8. The monoisotopic (exact) mass is 660 g/mol. The largest absolute Gasteiger partial charge is 0.613 e. The molecule has 4 heteroatoms. The van der Waals surface area contributed by atoms with Gasteiger partial charge in [-0.05, 0) is 91.5 Å². The summed E-state index contributed by atoms with van der Waals surface area (Å²) in [5.41, 5.74) is 7.03. The minimum absolute atomic E-state index is 0.161. The van der Waals surface area contributed by atoms with Gasteiger partial charge >= 0.3 is 0 Å². The van der Waals surface area contributed by atoms with Gasteiger partial charge in [0.1, 0.15) is 17.0 Å². The highest BCUT2D eigenvalue weighted by Crippen LogP contribution is 2.40. The van der Waals surface area contributed by atoms with Crippen LogP contribution in [0.4, 0.5) is 0 Å². The third-order valence-electron chi connectivity index (χ3n) is 9.67. The van der Waals surface area contributed by atoms with E-state index in [4.69, 9.17) is 23.0 Å². The Hall–Kier alpha value is -6.49. The third-order valence-corrected chi connectivity index (χ3v) is 9.67. The summed E-state index contributed by atoms with van der Waals surface area (Å²) in [5.74, 6) is 0.690. The molecule has 0 amide bonds. The van der Waals surface area contributed by atoms with Gasteiger partial charge in [0.2, 0.25) is 0 Å². The van der Waals surface area contributed by atoms with Gasteiger partial charge in [-0.15, -0.1) is 0 Å². The van der Waals surface area contributed by atoms with E-state index in [1.54, 1.807) is 18.2 Å². The summed E-state index contributed by atoms with van der Waals surface area (Å²) < 4.78 is 55.6. The molecule has 0 saturated heterocycles. The van der Waals surface area contributed by atoms with E-state index in [1.807, 2.05) is 48.5 Å². The SMILES string of the molecule is [2H]c1ccc2oc3cccc(-c4ccc5cc(C6=NC(c7ccc8ccccc8c7)[N-]C(c7ccc(-c8c([2H])c([2H])c([2H])c([2H])c8[2H])cc7)N6)ccc5c4)c3c2c1. The number of amidine groups is 1. The Bertz CT molecular complexity index is 3090. The van der Waals surface area contributed by atoms with Crippen molar-refractivity contribution in [3.05, 3.63) is 198 Å². The van der Waals surface area contributed by atoms with Crippen LogP contribution >= 0.6 is 0 Å². The van der Waals surface area contributed by atoms with Crippen LogP contribution in [-0.2, 0) is 0 Å². The fraction of sp³-hybridized carbons (Fsp3) is 0.0426. The maximum atomic E-state index is 8.47. The van der Waals surface area contributed by atoms with Gasteiger partial charge in [-0.3, -0.25) is 4.99 Å². The molecule has 2 atom stereocenters. The van der Waals surface area contributed by atoms with Crippen LogP contribution in [-0.4, -0.2) is 5.84 Å². The van der Waals surface area contributed by atoms with E-state index in [9.17, 15) is 0 Å². The predicted molar refractivity (Wildman–Crippen MR) is 211 cm³/mol. The lowest BCUT2D eigenvalue weighted by Gasteiger charge is -2.44. The van der Waals surface area contributed by atoms with Crippen LogP contribution in [0.1, 0.15) is 37.2 Å². The smallest absolute Gasteiger partial charge is 0.136 e. The minimum atomic E-state index is -0.510. The van der Waals surface area contributed by atoms with Crippen LogP contribution in [0.25, 0.3) is 71.1 Å². The molecule has 1 aliphatic heterocycles. The lowest BCUT2D eigenvalue weighted by Crippen LogP contribution is -2.34. The van der Waals surface area contributed by atoms with Crippen molar-refractivity contribution in [2.45, 2.75) is 12.3 Å². The molecule has 2 heterocycles. The molecular weight excluding hydrogens is 623 g/mol. The fourth-order valence-electron chi connectivity index (χ4n) is 7.10. The molecular formula is C47H32N3O-. The average molecular weight is 661 g/mol. The zero-order valence-electron chi connectivity index (χ0n) is 33.2. The molecule has 10 rings (SSSR count). The van der Waals surface area contributed by atoms with Crippen molar-refractivity contribution in [1.29, 1.82) is 0 Å². The highest BCUT2D eigenvalue weighted by Gasteiger charge is 2.18. The number of nitrogens with one attached hydrogen (secondary N) is 1. The van der Waals surface area contributed by atoms with Crippen LogP contribution in [0.15, 0.2) is 185 Å². The first-order valence-corrected chi connectivity index (χ1v) is 16.9. The summed E-state index contributed by atoms with van der Waals surface area (Å²) in [6.45, 7) is 0. The lowest BCUT2D eigenvalue weighted by molar-refractivity contribution is 0.631. The molecule has 0 radical (unpaired) electrons. The summed E-state index contributed by atoms with van der Waals surface area (Å²) in [7, 11) is 0. The number of para-hydroxylation sites is 1. The second-order valence-corrected chi connectivity index (χ2v) is 12.8. The second-order valence-electron chi connectivity index (χ2n) is 12.8. The summed E-state index contributed by atoms with van der Waals surface area (Å²) in [6.07, 6.45) is -1.00. The molecule has 9 aromatic rings. The predicted octanol–water partition coefficient (Wildman–Crippen LogP) is 12.3. The zero-order chi connectivity index (χ0) is 38.9. The van der Waals surface area contributed by atoms with Gasteiger partial charge in [-0.2, -0.15) is 0 Å². The van der Waals surface area contributed by atoms with Crippen molar-refractivity contribution in [3.8, 4) is 22.3 Å². The molecule has 242 valence electrons. The molecule has 0 bridgehead atoms. The zero-order valence-corrected chi connectivity index (χ0v) is 27.2. The molecule has 1 N–H and O–H groups in total. The Morgan fingerprint density at radius 2 is 1.25 bits per heavy atom. The molecule has 8 aromatic carbocycles. The van der Waals surface area contributed by atoms with E-state index >= 15 is 0 Å². The summed E-state index contributed by atoms with van der Waals surface area (Å²) in [5, 5.41) is 15.0. The average Bonchev–Trinajstić information content (AvgIpc) is 3.62. The van der Waals surface area contributed by atoms with E-state index in [-0.39, 0.29) is 29.7 Å². The molecule has 4 nitrogen and oxygen atoms in total. The first-order chi connectivity index (χ1) is 27.7. The van der Waals surface area contributed by atoms with Crippen molar-refractivity contribution in [1.82, 2.24) is 5.32 Å². The van der Waals surface area contributed by atoms with Gasteiger partial charge in [0.25, 0.3) is 0 Å². The van der Waals surface area contributed by atoms with Crippen molar-refractivity contribution in [2.75, 3.05) is 0 Å². The topological polar surface area (TPSA) is 51.6 Å². The summed E-state index contributed by atoms with van der Waals surface area (Å²) >= 11 is 0. The molecule has 51 heavy (non-hydrogen) atoms. The maximum Gasteiger partial charge on any atom is 0.136 e. The molecule has 1 aromatic heterocycles. The second kappa shape index (κ2) is 12.1. The van der Waals surface area contributed by atoms with E-state index in [0.717, 1.165) is 71.3 Å².